The van der Waals surface area contributed by atoms with Gasteiger partial charge in [0.15, 0.2) is 0 Å². The summed E-state index contributed by atoms with van der Waals surface area (Å²) in [6.07, 6.45) is 8.83. The maximum absolute atomic E-state index is 2.66. The summed E-state index contributed by atoms with van der Waals surface area (Å²) in [5, 5.41) is 0. The second-order valence-corrected chi connectivity index (χ2v) is 7.87. The van der Waals surface area contributed by atoms with Crippen LogP contribution >= 0.6 is 0 Å². The molecular formula is C29H47N. The molecule has 1 heteroatoms. The van der Waals surface area contributed by atoms with Gasteiger partial charge in [0.25, 0.3) is 0 Å². The first-order valence-corrected chi connectivity index (χ1v) is 11.2. The topological polar surface area (TPSA) is 3.24 Å². The molecule has 0 aliphatic carbocycles. The summed E-state index contributed by atoms with van der Waals surface area (Å²) in [7, 11) is 0. The lowest BCUT2D eigenvalue weighted by atomic mass is 9.90. The van der Waals surface area contributed by atoms with E-state index in [1.807, 2.05) is 13.8 Å². The van der Waals surface area contributed by atoms with Crippen molar-refractivity contribution >= 4 is 5.57 Å². The minimum Gasteiger partial charge on any atom is -0.303 e. The molecular weight excluding hydrogens is 362 g/mol. The van der Waals surface area contributed by atoms with Crippen LogP contribution in [0.25, 0.3) is 5.57 Å². The van der Waals surface area contributed by atoms with Crippen LogP contribution in [0.2, 0.25) is 0 Å². The Morgan fingerprint density at radius 1 is 0.933 bits per heavy atom. The average Bonchev–Trinajstić information content (AvgIpc) is 2.75. The maximum Gasteiger partial charge on any atom is -0.00158 e. The van der Waals surface area contributed by atoms with E-state index in [0.29, 0.717) is 0 Å². The Labute approximate surface area is 188 Å². The third kappa shape index (κ3) is 9.76. The van der Waals surface area contributed by atoms with Crippen LogP contribution in [0.15, 0.2) is 60.7 Å². The van der Waals surface area contributed by atoms with E-state index in [0.717, 1.165) is 5.92 Å². The van der Waals surface area contributed by atoms with E-state index in [-0.39, 0.29) is 14.9 Å². The number of rotatable bonds is 7. The van der Waals surface area contributed by atoms with Crippen LogP contribution in [-0.4, -0.2) is 24.5 Å². The number of likely N-dealkylation sites (tertiary alicyclic amines) is 1. The Morgan fingerprint density at radius 2 is 1.53 bits per heavy atom. The molecule has 3 rings (SSSR count). The first-order chi connectivity index (χ1) is 13.7. The molecule has 2 aromatic rings. The molecule has 1 aliphatic heterocycles. The third-order valence-corrected chi connectivity index (χ3v) is 5.71. The van der Waals surface area contributed by atoms with Gasteiger partial charge < -0.3 is 4.90 Å². The van der Waals surface area contributed by atoms with E-state index in [9.17, 15) is 0 Å². The summed E-state index contributed by atoms with van der Waals surface area (Å²) in [5.74, 6) is 0.873. The van der Waals surface area contributed by atoms with E-state index < -0.39 is 0 Å². The minimum absolute atomic E-state index is 0. The number of hydrogen-bond acceptors (Lipinski definition) is 1. The largest absolute Gasteiger partial charge is 0.303 e. The number of allylic oxidation sites excluding steroid dienone is 2. The number of unbranched alkanes of at least 4 members (excludes halogenated alkanes) is 1. The summed E-state index contributed by atoms with van der Waals surface area (Å²) in [6.45, 7) is 12.2. The van der Waals surface area contributed by atoms with Gasteiger partial charge >= 0.3 is 0 Å². The van der Waals surface area contributed by atoms with Crippen molar-refractivity contribution in [3.05, 3.63) is 77.4 Å². The van der Waals surface area contributed by atoms with Gasteiger partial charge in [-0.1, -0.05) is 94.9 Å². The van der Waals surface area contributed by atoms with Crippen molar-refractivity contribution in [2.75, 3.05) is 19.6 Å². The van der Waals surface area contributed by atoms with Gasteiger partial charge in [0.2, 0.25) is 0 Å². The Hall–Kier alpha value is -1.86. The third-order valence-electron chi connectivity index (χ3n) is 5.71. The molecule has 0 radical (unpaired) electrons. The van der Waals surface area contributed by atoms with Gasteiger partial charge in [-0.3, -0.25) is 0 Å². The molecule has 1 heterocycles. The van der Waals surface area contributed by atoms with Crippen molar-refractivity contribution in [1.82, 2.24) is 4.90 Å². The lowest BCUT2D eigenvalue weighted by Gasteiger charge is -2.32. The fraction of sp³-hybridized carbons (Fsp3) is 0.517. The summed E-state index contributed by atoms with van der Waals surface area (Å²) in [4.78, 5) is 2.66. The summed E-state index contributed by atoms with van der Waals surface area (Å²) in [5.41, 5.74) is 5.60. The molecule has 168 valence electrons. The zero-order chi connectivity index (χ0) is 20.2. The monoisotopic (exact) mass is 409 g/mol. The molecule has 1 nitrogen and oxygen atoms in total. The molecule has 1 fully saturated rings. The van der Waals surface area contributed by atoms with Crippen molar-refractivity contribution in [3.63, 3.8) is 0 Å². The van der Waals surface area contributed by atoms with Crippen LogP contribution in [0.3, 0.4) is 0 Å². The van der Waals surface area contributed by atoms with Gasteiger partial charge in [-0.25, -0.2) is 0 Å². The SMILES string of the molecule is C.C.CC.CC(=CCCCN1CCC(Cc2ccccc2)CC1)c1ccc(C)cc1. The molecule has 1 saturated heterocycles. The Morgan fingerprint density at radius 3 is 2.13 bits per heavy atom. The van der Waals surface area contributed by atoms with E-state index >= 15 is 0 Å². The molecule has 2 aromatic carbocycles. The zero-order valence-corrected chi connectivity index (χ0v) is 18.5. The number of piperidine rings is 1. The van der Waals surface area contributed by atoms with E-state index in [4.69, 9.17) is 0 Å². The fourth-order valence-corrected chi connectivity index (χ4v) is 3.93. The minimum atomic E-state index is 0. The van der Waals surface area contributed by atoms with Crippen LogP contribution in [0.4, 0.5) is 0 Å². The van der Waals surface area contributed by atoms with Crippen molar-refractivity contribution in [2.45, 2.75) is 74.7 Å². The van der Waals surface area contributed by atoms with Crippen LogP contribution in [0, 0.1) is 12.8 Å². The fourth-order valence-electron chi connectivity index (χ4n) is 3.93. The quantitative estimate of drug-likeness (QED) is 0.415. The lowest BCUT2D eigenvalue weighted by Crippen LogP contribution is -2.34. The Kier molecular flexibility index (Phi) is 14.9. The first kappa shape index (κ1) is 28.1. The highest BCUT2D eigenvalue weighted by Gasteiger charge is 2.18. The van der Waals surface area contributed by atoms with Crippen molar-refractivity contribution in [1.29, 1.82) is 0 Å². The highest BCUT2D eigenvalue weighted by Crippen LogP contribution is 2.22. The second-order valence-electron chi connectivity index (χ2n) is 7.87. The maximum atomic E-state index is 2.66. The predicted molar refractivity (Wildman–Crippen MR) is 138 cm³/mol. The second kappa shape index (κ2) is 15.9. The molecule has 0 unspecified atom stereocenters. The number of hydrogen-bond donors (Lipinski definition) is 0. The van der Waals surface area contributed by atoms with Gasteiger partial charge in [-0.15, -0.1) is 0 Å². The predicted octanol–water partition coefficient (Wildman–Crippen LogP) is 8.43. The van der Waals surface area contributed by atoms with Crippen LogP contribution in [0.1, 0.15) is 78.0 Å². The molecule has 0 saturated carbocycles. The van der Waals surface area contributed by atoms with E-state index in [1.165, 1.54) is 74.0 Å². The van der Waals surface area contributed by atoms with Gasteiger partial charge in [-0.2, -0.15) is 0 Å². The zero-order valence-electron chi connectivity index (χ0n) is 18.5. The van der Waals surface area contributed by atoms with Crippen molar-refractivity contribution < 1.29 is 0 Å². The van der Waals surface area contributed by atoms with Crippen molar-refractivity contribution in [3.8, 4) is 0 Å². The van der Waals surface area contributed by atoms with Gasteiger partial charge in [0.1, 0.15) is 0 Å². The molecule has 0 atom stereocenters. The Balaban J connectivity index is 0.00000204. The van der Waals surface area contributed by atoms with E-state index in [2.05, 4.69) is 79.4 Å². The average molecular weight is 410 g/mol. The first-order valence-electron chi connectivity index (χ1n) is 11.2. The van der Waals surface area contributed by atoms with Crippen LogP contribution in [0.5, 0.6) is 0 Å². The molecule has 0 spiro atoms. The Bertz CT molecular complexity index is 676. The number of nitrogens with zero attached hydrogens (tertiary/aromatic N) is 1. The molecule has 0 N–H and O–H groups in total. The molecule has 0 aromatic heterocycles. The molecule has 1 aliphatic rings. The van der Waals surface area contributed by atoms with Crippen LogP contribution < -0.4 is 0 Å². The standard InChI is InChI=1S/C25H33N.C2H6.2CH4/c1-21-11-13-25(14-12-21)22(2)8-6-7-17-26-18-15-24(16-19-26)20-23-9-4-3-5-10-23;1-2;;/h3-5,8-14,24H,6-7,15-20H2,1-2H3;1-2H3;2*1H4. The highest BCUT2D eigenvalue weighted by molar-refractivity contribution is 5.63. The van der Waals surface area contributed by atoms with Gasteiger partial charge in [0.05, 0.1) is 0 Å². The normalized spacial score (nSPS) is 14.7. The van der Waals surface area contributed by atoms with Gasteiger partial charge in [-0.05, 0) is 88.2 Å². The van der Waals surface area contributed by atoms with E-state index in [1.54, 1.807) is 0 Å². The molecule has 0 amide bonds. The summed E-state index contributed by atoms with van der Waals surface area (Å²) in [6, 6.07) is 19.9. The van der Waals surface area contributed by atoms with Crippen molar-refractivity contribution in [2.24, 2.45) is 5.92 Å². The lowest BCUT2D eigenvalue weighted by molar-refractivity contribution is 0.183. The number of aryl methyl sites for hydroxylation is 1. The molecule has 30 heavy (non-hydrogen) atoms. The smallest absolute Gasteiger partial charge is 0.00158 e. The molecule has 0 bridgehead atoms. The number of benzene rings is 2. The summed E-state index contributed by atoms with van der Waals surface area (Å²) < 4.78 is 0. The van der Waals surface area contributed by atoms with Crippen LogP contribution in [-0.2, 0) is 6.42 Å². The highest BCUT2D eigenvalue weighted by atomic mass is 15.1. The summed E-state index contributed by atoms with van der Waals surface area (Å²) >= 11 is 0. The van der Waals surface area contributed by atoms with Gasteiger partial charge in [0, 0.05) is 0 Å².